The number of nitrogens with zero attached hydrogens (tertiary/aromatic N) is 1. The van der Waals surface area contributed by atoms with Gasteiger partial charge in [-0.05, 0) is 55.8 Å². The van der Waals surface area contributed by atoms with Crippen LogP contribution in [0.3, 0.4) is 0 Å². The minimum Gasteiger partial charge on any atom is -0.491 e. The van der Waals surface area contributed by atoms with Gasteiger partial charge in [0, 0.05) is 12.1 Å². The van der Waals surface area contributed by atoms with E-state index in [4.69, 9.17) is 33.2 Å². The third kappa shape index (κ3) is 5.62. The molecule has 1 atom stereocenters. The molecule has 2 aromatic carbocycles. The molecule has 2 rings (SSSR count). The summed E-state index contributed by atoms with van der Waals surface area (Å²) in [7, 11) is 0. The van der Waals surface area contributed by atoms with Crippen LogP contribution >= 0.6 is 23.2 Å². The molecule has 6 heteroatoms. The SMILES string of the molecule is CC(C)(NCC(O)COc1ccc(C#N)cc1)c1ccc(Cl)c(Cl)c1. The first-order chi connectivity index (χ1) is 11.8. The predicted molar refractivity (Wildman–Crippen MR) is 100 cm³/mol. The molecule has 132 valence electrons. The van der Waals surface area contributed by atoms with E-state index in [0.29, 0.717) is 27.9 Å². The van der Waals surface area contributed by atoms with Crippen LogP contribution in [-0.2, 0) is 5.54 Å². The fourth-order valence-electron chi connectivity index (χ4n) is 2.24. The van der Waals surface area contributed by atoms with Gasteiger partial charge in [0.2, 0.25) is 0 Å². The molecule has 0 aromatic heterocycles. The van der Waals surface area contributed by atoms with Crippen LogP contribution in [0.4, 0.5) is 0 Å². The highest BCUT2D eigenvalue weighted by Gasteiger charge is 2.22. The number of aliphatic hydroxyl groups is 1. The highest BCUT2D eigenvalue weighted by atomic mass is 35.5. The summed E-state index contributed by atoms with van der Waals surface area (Å²) in [6.45, 7) is 4.50. The van der Waals surface area contributed by atoms with Crippen molar-refractivity contribution < 1.29 is 9.84 Å². The number of ether oxygens (including phenoxy) is 1. The number of nitrogens with one attached hydrogen (secondary N) is 1. The van der Waals surface area contributed by atoms with Gasteiger partial charge in [0.25, 0.3) is 0 Å². The maximum atomic E-state index is 10.1. The smallest absolute Gasteiger partial charge is 0.119 e. The van der Waals surface area contributed by atoms with E-state index in [-0.39, 0.29) is 12.1 Å². The van der Waals surface area contributed by atoms with Crippen molar-refractivity contribution in [2.24, 2.45) is 0 Å². The summed E-state index contributed by atoms with van der Waals surface area (Å²) in [5.41, 5.74) is 1.16. The molecule has 4 nitrogen and oxygen atoms in total. The highest BCUT2D eigenvalue weighted by Crippen LogP contribution is 2.28. The Bertz CT molecular complexity index is 755. The average Bonchev–Trinajstić information content (AvgIpc) is 2.61. The van der Waals surface area contributed by atoms with Crippen molar-refractivity contribution in [2.45, 2.75) is 25.5 Å². The van der Waals surface area contributed by atoms with Crippen LogP contribution in [0, 0.1) is 11.3 Å². The normalized spacial score (nSPS) is 12.5. The van der Waals surface area contributed by atoms with E-state index in [1.165, 1.54) is 0 Å². The van der Waals surface area contributed by atoms with Crippen molar-refractivity contribution in [3.05, 3.63) is 63.6 Å². The van der Waals surface area contributed by atoms with Gasteiger partial charge in [0.1, 0.15) is 18.5 Å². The van der Waals surface area contributed by atoms with Crippen LogP contribution < -0.4 is 10.1 Å². The molecule has 0 spiro atoms. The zero-order valence-electron chi connectivity index (χ0n) is 14.1. The second-order valence-electron chi connectivity index (χ2n) is 6.24. The van der Waals surface area contributed by atoms with Crippen LogP contribution in [0.1, 0.15) is 25.0 Å². The van der Waals surface area contributed by atoms with Gasteiger partial charge in [-0.2, -0.15) is 5.26 Å². The Labute approximate surface area is 157 Å². The summed E-state index contributed by atoms with van der Waals surface area (Å²) < 4.78 is 5.54. The number of aliphatic hydroxyl groups excluding tert-OH is 1. The Morgan fingerprint density at radius 1 is 1.16 bits per heavy atom. The van der Waals surface area contributed by atoms with Crippen molar-refractivity contribution >= 4 is 23.2 Å². The molecule has 0 saturated carbocycles. The molecule has 0 heterocycles. The lowest BCUT2D eigenvalue weighted by Gasteiger charge is -2.28. The summed E-state index contributed by atoms with van der Waals surface area (Å²) in [6.07, 6.45) is -0.683. The van der Waals surface area contributed by atoms with Gasteiger partial charge < -0.3 is 15.2 Å². The van der Waals surface area contributed by atoms with Crippen LogP contribution in [0.5, 0.6) is 5.75 Å². The van der Waals surface area contributed by atoms with Crippen LogP contribution in [-0.4, -0.2) is 24.4 Å². The van der Waals surface area contributed by atoms with Crippen LogP contribution in [0.15, 0.2) is 42.5 Å². The quantitative estimate of drug-likeness (QED) is 0.759. The molecule has 0 amide bonds. The number of benzene rings is 2. The zero-order chi connectivity index (χ0) is 18.4. The minimum atomic E-state index is -0.683. The number of hydrogen-bond donors (Lipinski definition) is 2. The first kappa shape index (κ1) is 19.6. The molecule has 0 aliphatic heterocycles. The third-order valence-electron chi connectivity index (χ3n) is 3.85. The highest BCUT2D eigenvalue weighted by molar-refractivity contribution is 6.42. The van der Waals surface area contributed by atoms with E-state index in [2.05, 4.69) is 5.32 Å². The zero-order valence-corrected chi connectivity index (χ0v) is 15.6. The van der Waals surface area contributed by atoms with Gasteiger partial charge >= 0.3 is 0 Å². The van der Waals surface area contributed by atoms with E-state index in [1.807, 2.05) is 32.0 Å². The predicted octanol–water partition coefficient (Wildman–Crippen LogP) is 4.13. The summed E-state index contributed by atoms with van der Waals surface area (Å²) >= 11 is 12.0. The second kappa shape index (κ2) is 8.55. The molecule has 2 aromatic rings. The Balaban J connectivity index is 1.86. The summed E-state index contributed by atoms with van der Waals surface area (Å²) in [6, 6.07) is 14.3. The van der Waals surface area contributed by atoms with Gasteiger partial charge in [-0.3, -0.25) is 0 Å². The molecular formula is C19H20Cl2N2O2. The molecule has 0 saturated heterocycles. The first-order valence-corrected chi connectivity index (χ1v) is 8.59. The molecule has 0 radical (unpaired) electrons. The van der Waals surface area contributed by atoms with Crippen molar-refractivity contribution in [1.82, 2.24) is 5.32 Å². The van der Waals surface area contributed by atoms with E-state index in [1.54, 1.807) is 30.3 Å². The Morgan fingerprint density at radius 2 is 1.84 bits per heavy atom. The topological polar surface area (TPSA) is 65.3 Å². The Morgan fingerprint density at radius 3 is 2.44 bits per heavy atom. The average molecular weight is 379 g/mol. The van der Waals surface area contributed by atoms with Crippen molar-refractivity contribution in [2.75, 3.05) is 13.2 Å². The molecule has 25 heavy (non-hydrogen) atoms. The van der Waals surface area contributed by atoms with Gasteiger partial charge in [0.15, 0.2) is 0 Å². The molecule has 0 aliphatic carbocycles. The molecule has 0 fully saturated rings. The standard InChI is InChI=1S/C19H20Cl2N2O2/c1-19(2,14-5-8-17(20)18(21)9-14)23-11-15(24)12-25-16-6-3-13(10-22)4-7-16/h3-9,15,23-24H,11-12H2,1-2H3. The number of nitriles is 1. The summed E-state index contributed by atoms with van der Waals surface area (Å²) in [4.78, 5) is 0. The maximum Gasteiger partial charge on any atom is 0.119 e. The van der Waals surface area contributed by atoms with E-state index in [9.17, 15) is 5.11 Å². The van der Waals surface area contributed by atoms with Crippen LogP contribution in [0.25, 0.3) is 0 Å². The van der Waals surface area contributed by atoms with Gasteiger partial charge in [0.05, 0.1) is 21.7 Å². The maximum absolute atomic E-state index is 10.1. The number of rotatable bonds is 7. The fraction of sp³-hybridized carbons (Fsp3) is 0.316. The largest absolute Gasteiger partial charge is 0.491 e. The lowest BCUT2D eigenvalue weighted by molar-refractivity contribution is 0.0987. The number of halogens is 2. The lowest BCUT2D eigenvalue weighted by Crippen LogP contribution is -2.42. The van der Waals surface area contributed by atoms with Crippen molar-refractivity contribution in [3.63, 3.8) is 0 Å². The first-order valence-electron chi connectivity index (χ1n) is 7.83. The van der Waals surface area contributed by atoms with Gasteiger partial charge in [-0.15, -0.1) is 0 Å². The number of hydrogen-bond acceptors (Lipinski definition) is 4. The van der Waals surface area contributed by atoms with Gasteiger partial charge in [-0.25, -0.2) is 0 Å². The van der Waals surface area contributed by atoms with E-state index in [0.717, 1.165) is 5.56 Å². The van der Waals surface area contributed by atoms with E-state index < -0.39 is 6.10 Å². The monoisotopic (exact) mass is 378 g/mol. The fourth-order valence-corrected chi connectivity index (χ4v) is 2.54. The summed E-state index contributed by atoms with van der Waals surface area (Å²) in [5, 5.41) is 23.2. The van der Waals surface area contributed by atoms with Gasteiger partial charge in [-0.1, -0.05) is 29.3 Å². The second-order valence-corrected chi connectivity index (χ2v) is 7.05. The molecule has 0 aliphatic rings. The van der Waals surface area contributed by atoms with E-state index >= 15 is 0 Å². The molecule has 1 unspecified atom stereocenters. The Hall–Kier alpha value is -1.77. The van der Waals surface area contributed by atoms with Crippen molar-refractivity contribution in [3.8, 4) is 11.8 Å². The van der Waals surface area contributed by atoms with Crippen molar-refractivity contribution in [1.29, 1.82) is 5.26 Å². The molecular weight excluding hydrogens is 359 g/mol. The third-order valence-corrected chi connectivity index (χ3v) is 4.59. The lowest BCUT2D eigenvalue weighted by atomic mass is 9.94. The Kier molecular flexibility index (Phi) is 6.69. The van der Waals surface area contributed by atoms with Crippen LogP contribution in [0.2, 0.25) is 10.0 Å². The molecule has 0 bridgehead atoms. The minimum absolute atomic E-state index is 0.149. The molecule has 2 N–H and O–H groups in total. The summed E-state index contributed by atoms with van der Waals surface area (Å²) in [5.74, 6) is 0.613.